The molecule has 2 aliphatic heterocycles. The number of nitrogens with one attached hydrogen (secondary N) is 2. The van der Waals surface area contributed by atoms with E-state index in [9.17, 15) is 4.79 Å². The van der Waals surface area contributed by atoms with Crippen molar-refractivity contribution in [2.24, 2.45) is 5.92 Å². The van der Waals surface area contributed by atoms with E-state index in [-0.39, 0.29) is 6.03 Å². The van der Waals surface area contributed by atoms with E-state index in [2.05, 4.69) is 22.6 Å². The van der Waals surface area contributed by atoms with Crippen molar-refractivity contribution >= 4 is 6.03 Å². The zero-order valence-electron chi connectivity index (χ0n) is 8.05. The average molecular weight is 183 g/mol. The molecule has 2 saturated heterocycles. The first-order valence-corrected chi connectivity index (χ1v) is 4.98. The summed E-state index contributed by atoms with van der Waals surface area (Å²) in [6, 6.07) is 0.380. The predicted molar refractivity (Wildman–Crippen MR) is 50.5 cm³/mol. The molecule has 0 spiro atoms. The first kappa shape index (κ1) is 8.81. The van der Waals surface area contributed by atoms with Crippen LogP contribution in [0.5, 0.6) is 0 Å². The maximum absolute atomic E-state index is 10.9. The molecule has 0 aromatic heterocycles. The summed E-state index contributed by atoms with van der Waals surface area (Å²) >= 11 is 0. The summed E-state index contributed by atoms with van der Waals surface area (Å²) in [5.74, 6) is 0.676. The number of piperidine rings is 1. The molecule has 0 saturated carbocycles. The van der Waals surface area contributed by atoms with Crippen LogP contribution in [0, 0.1) is 5.92 Å². The van der Waals surface area contributed by atoms with Crippen LogP contribution in [0.3, 0.4) is 0 Å². The van der Waals surface area contributed by atoms with Crippen molar-refractivity contribution < 1.29 is 4.79 Å². The maximum Gasteiger partial charge on any atom is 0.315 e. The number of amides is 2. The van der Waals surface area contributed by atoms with Crippen LogP contribution in [0.15, 0.2) is 0 Å². The van der Waals surface area contributed by atoms with Gasteiger partial charge in [-0.1, -0.05) is 0 Å². The van der Waals surface area contributed by atoms with Crippen molar-refractivity contribution in [3.05, 3.63) is 0 Å². The Bertz CT molecular complexity index is 199. The molecule has 0 bridgehead atoms. The number of hydrogen-bond acceptors (Lipinski definition) is 2. The van der Waals surface area contributed by atoms with E-state index >= 15 is 0 Å². The molecule has 4 nitrogen and oxygen atoms in total. The maximum atomic E-state index is 10.9. The van der Waals surface area contributed by atoms with Gasteiger partial charge < -0.3 is 15.5 Å². The summed E-state index contributed by atoms with van der Waals surface area (Å²) < 4.78 is 0. The van der Waals surface area contributed by atoms with Crippen molar-refractivity contribution in [2.45, 2.75) is 18.9 Å². The van der Waals surface area contributed by atoms with E-state index in [0.717, 1.165) is 19.6 Å². The fourth-order valence-corrected chi connectivity index (χ4v) is 2.19. The van der Waals surface area contributed by atoms with Crippen molar-refractivity contribution in [3.63, 3.8) is 0 Å². The second kappa shape index (κ2) is 3.54. The molecule has 2 heterocycles. The molecule has 4 heteroatoms. The van der Waals surface area contributed by atoms with Gasteiger partial charge in [-0.25, -0.2) is 4.79 Å². The Morgan fingerprint density at radius 2 is 2.08 bits per heavy atom. The molecule has 2 fully saturated rings. The highest BCUT2D eigenvalue weighted by Gasteiger charge is 2.30. The van der Waals surface area contributed by atoms with Crippen molar-refractivity contribution in [3.8, 4) is 0 Å². The molecule has 0 aliphatic carbocycles. The minimum atomic E-state index is 0.00364. The summed E-state index contributed by atoms with van der Waals surface area (Å²) in [5.41, 5.74) is 0. The third-order valence-corrected chi connectivity index (χ3v) is 3.13. The van der Waals surface area contributed by atoms with Crippen LogP contribution in [0.25, 0.3) is 0 Å². The van der Waals surface area contributed by atoms with Crippen LogP contribution < -0.4 is 10.6 Å². The van der Waals surface area contributed by atoms with Crippen LogP contribution in [0.4, 0.5) is 4.79 Å². The number of carbonyl (C=O) groups is 1. The van der Waals surface area contributed by atoms with Gasteiger partial charge in [0.15, 0.2) is 0 Å². The first-order valence-electron chi connectivity index (χ1n) is 4.98. The highest BCUT2D eigenvalue weighted by atomic mass is 16.2. The normalized spacial score (nSPS) is 31.5. The molecule has 2 rings (SSSR count). The number of hydrogen-bond donors (Lipinski definition) is 2. The fourth-order valence-electron chi connectivity index (χ4n) is 2.19. The van der Waals surface area contributed by atoms with Gasteiger partial charge in [-0.3, -0.25) is 0 Å². The van der Waals surface area contributed by atoms with Gasteiger partial charge in [0.25, 0.3) is 0 Å². The molecular weight excluding hydrogens is 166 g/mol. The number of rotatable bonds is 1. The van der Waals surface area contributed by atoms with Crippen LogP contribution in [-0.2, 0) is 0 Å². The minimum Gasteiger partial charge on any atom is -0.336 e. The third kappa shape index (κ3) is 1.94. The number of carbonyl (C=O) groups excluding carboxylic acids is 1. The highest BCUT2D eigenvalue weighted by Crippen LogP contribution is 2.20. The SMILES string of the molecule is CN1CCC(C2CNC(=O)N2)CC1. The van der Waals surface area contributed by atoms with E-state index in [4.69, 9.17) is 0 Å². The summed E-state index contributed by atoms with van der Waals surface area (Å²) in [7, 11) is 2.15. The first-order chi connectivity index (χ1) is 6.25. The molecular formula is C9H17N3O. The quantitative estimate of drug-likeness (QED) is 0.601. The van der Waals surface area contributed by atoms with E-state index in [0.29, 0.717) is 12.0 Å². The fraction of sp³-hybridized carbons (Fsp3) is 0.889. The second-order valence-electron chi connectivity index (χ2n) is 4.10. The third-order valence-electron chi connectivity index (χ3n) is 3.13. The lowest BCUT2D eigenvalue weighted by atomic mass is 9.90. The zero-order valence-corrected chi connectivity index (χ0v) is 8.05. The Kier molecular flexibility index (Phi) is 2.40. The molecule has 1 unspecified atom stereocenters. The Hall–Kier alpha value is -0.770. The summed E-state index contributed by atoms with van der Waals surface area (Å²) in [6.07, 6.45) is 2.42. The molecule has 2 amide bonds. The molecule has 2 aliphatic rings. The summed E-state index contributed by atoms with van der Waals surface area (Å²) in [4.78, 5) is 13.3. The molecule has 2 N–H and O–H groups in total. The van der Waals surface area contributed by atoms with Gasteiger partial charge in [0.1, 0.15) is 0 Å². The van der Waals surface area contributed by atoms with Crippen molar-refractivity contribution in [1.29, 1.82) is 0 Å². The Morgan fingerprint density at radius 3 is 2.62 bits per heavy atom. The molecule has 0 radical (unpaired) electrons. The van der Waals surface area contributed by atoms with E-state index < -0.39 is 0 Å². The topological polar surface area (TPSA) is 44.4 Å². The predicted octanol–water partition coefficient (Wildman–Crippen LogP) is 0.00960. The number of urea groups is 1. The summed E-state index contributed by atoms with van der Waals surface area (Å²) in [6.45, 7) is 3.14. The highest BCUT2D eigenvalue weighted by molar-refractivity contribution is 5.76. The molecule has 74 valence electrons. The zero-order chi connectivity index (χ0) is 9.26. The van der Waals surface area contributed by atoms with Crippen LogP contribution in [-0.4, -0.2) is 43.7 Å². The van der Waals surface area contributed by atoms with Gasteiger partial charge in [-0.2, -0.15) is 0 Å². The Labute approximate surface area is 78.7 Å². The van der Waals surface area contributed by atoms with Crippen LogP contribution >= 0.6 is 0 Å². The molecule has 0 aromatic carbocycles. The Balaban J connectivity index is 1.84. The van der Waals surface area contributed by atoms with E-state index in [1.165, 1.54) is 12.8 Å². The van der Waals surface area contributed by atoms with E-state index in [1.807, 2.05) is 0 Å². The number of likely N-dealkylation sites (tertiary alicyclic amines) is 1. The van der Waals surface area contributed by atoms with Crippen molar-refractivity contribution in [2.75, 3.05) is 26.7 Å². The van der Waals surface area contributed by atoms with Crippen LogP contribution in [0.2, 0.25) is 0 Å². The van der Waals surface area contributed by atoms with Gasteiger partial charge in [0.05, 0.1) is 6.04 Å². The van der Waals surface area contributed by atoms with Gasteiger partial charge in [-0.15, -0.1) is 0 Å². The second-order valence-corrected chi connectivity index (χ2v) is 4.10. The smallest absolute Gasteiger partial charge is 0.315 e. The van der Waals surface area contributed by atoms with Gasteiger partial charge in [-0.05, 0) is 38.9 Å². The number of nitrogens with zero attached hydrogens (tertiary/aromatic N) is 1. The average Bonchev–Trinajstić information content (AvgIpc) is 2.53. The Morgan fingerprint density at radius 1 is 1.38 bits per heavy atom. The molecule has 1 atom stereocenters. The van der Waals surface area contributed by atoms with Crippen molar-refractivity contribution in [1.82, 2.24) is 15.5 Å². The van der Waals surface area contributed by atoms with Gasteiger partial charge in [0, 0.05) is 6.54 Å². The summed E-state index contributed by atoms with van der Waals surface area (Å²) in [5, 5.41) is 5.78. The largest absolute Gasteiger partial charge is 0.336 e. The lowest BCUT2D eigenvalue weighted by Crippen LogP contribution is -2.41. The molecule has 13 heavy (non-hydrogen) atoms. The minimum absolute atomic E-state index is 0.00364. The van der Waals surface area contributed by atoms with E-state index in [1.54, 1.807) is 0 Å². The lowest BCUT2D eigenvalue weighted by Gasteiger charge is -2.31. The van der Waals surface area contributed by atoms with Gasteiger partial charge in [0.2, 0.25) is 0 Å². The monoisotopic (exact) mass is 183 g/mol. The molecule has 0 aromatic rings. The van der Waals surface area contributed by atoms with Gasteiger partial charge >= 0.3 is 6.03 Å². The lowest BCUT2D eigenvalue weighted by molar-refractivity contribution is 0.194. The standard InChI is InChI=1S/C9H17N3O/c1-12-4-2-7(3-5-12)8-6-10-9(13)11-8/h7-8H,2-6H2,1H3,(H2,10,11,13). The van der Waals surface area contributed by atoms with Crippen LogP contribution in [0.1, 0.15) is 12.8 Å².